The van der Waals surface area contributed by atoms with E-state index in [1.807, 2.05) is 68.4 Å². The van der Waals surface area contributed by atoms with Gasteiger partial charge in [0.05, 0.1) is 29.2 Å². The molecule has 39 heavy (non-hydrogen) atoms. The highest BCUT2D eigenvalue weighted by Gasteiger charge is 2.24. The Kier molecular flexibility index (Phi) is 6.64. The minimum Gasteiger partial charge on any atom is -0.493 e. The van der Waals surface area contributed by atoms with Gasteiger partial charge >= 0.3 is 0 Å². The predicted octanol–water partition coefficient (Wildman–Crippen LogP) is 5.66. The first-order valence-corrected chi connectivity index (χ1v) is 13.7. The van der Waals surface area contributed by atoms with Crippen molar-refractivity contribution in [2.75, 3.05) is 12.3 Å². The molecule has 5 aromatic rings. The zero-order valence-electron chi connectivity index (χ0n) is 22.4. The Morgan fingerprint density at radius 1 is 1.03 bits per heavy atom. The summed E-state index contributed by atoms with van der Waals surface area (Å²) in [4.78, 5) is 21.2. The lowest BCUT2D eigenvalue weighted by molar-refractivity contribution is 0.341. The molecule has 0 aliphatic heterocycles. The van der Waals surface area contributed by atoms with Crippen molar-refractivity contribution in [1.29, 1.82) is 0 Å². The van der Waals surface area contributed by atoms with E-state index in [0.29, 0.717) is 52.4 Å². The van der Waals surface area contributed by atoms with Crippen LogP contribution in [-0.4, -0.2) is 36.0 Å². The first kappa shape index (κ1) is 24.9. The van der Waals surface area contributed by atoms with E-state index in [0.717, 1.165) is 29.9 Å². The smallest absolute Gasteiger partial charge is 0.277 e. The van der Waals surface area contributed by atoms with Crippen LogP contribution in [0.3, 0.4) is 0 Å². The van der Waals surface area contributed by atoms with Gasteiger partial charge in [-0.15, -0.1) is 5.10 Å². The molecule has 9 heteroatoms. The number of imidazole rings is 1. The lowest BCUT2D eigenvalue weighted by Gasteiger charge is -2.14. The van der Waals surface area contributed by atoms with Crippen molar-refractivity contribution in [2.24, 2.45) is 0 Å². The molecule has 6 rings (SSSR count). The van der Waals surface area contributed by atoms with Crippen molar-refractivity contribution in [1.82, 2.24) is 29.4 Å². The van der Waals surface area contributed by atoms with Gasteiger partial charge in [-0.1, -0.05) is 43.9 Å². The first-order chi connectivity index (χ1) is 19.0. The average Bonchev–Trinajstić information content (AvgIpc) is 3.37. The van der Waals surface area contributed by atoms with Crippen molar-refractivity contribution in [3.8, 4) is 34.1 Å². The average molecular weight is 524 g/mol. The minimum atomic E-state index is -0.213. The maximum atomic E-state index is 13.4. The van der Waals surface area contributed by atoms with E-state index >= 15 is 0 Å². The van der Waals surface area contributed by atoms with Gasteiger partial charge < -0.3 is 15.5 Å². The molecule has 3 heterocycles. The molecule has 1 saturated carbocycles. The molecule has 0 spiro atoms. The summed E-state index contributed by atoms with van der Waals surface area (Å²) in [6.45, 7) is 4.29. The normalized spacial score (nSPS) is 14.5. The van der Waals surface area contributed by atoms with Gasteiger partial charge in [-0.05, 0) is 57.0 Å². The molecule has 0 amide bonds. The topological polar surface area (TPSA) is 116 Å². The summed E-state index contributed by atoms with van der Waals surface area (Å²) in [5, 5.41) is 9.71. The summed E-state index contributed by atoms with van der Waals surface area (Å²) in [5.41, 5.74) is 10.4. The molecule has 2 aromatic carbocycles. The van der Waals surface area contributed by atoms with Crippen LogP contribution in [0.25, 0.3) is 33.8 Å². The number of aromatic amines is 1. The molecule has 0 bridgehead atoms. The number of nitrogens with two attached hydrogens (primary N) is 1. The molecule has 3 aromatic heterocycles. The number of nitrogens with zero attached hydrogens (tertiary/aromatic N) is 5. The summed E-state index contributed by atoms with van der Waals surface area (Å²) in [5.74, 6) is 2.76. The third-order valence-corrected chi connectivity index (χ3v) is 7.49. The maximum Gasteiger partial charge on any atom is 0.277 e. The highest BCUT2D eigenvalue weighted by Crippen LogP contribution is 2.35. The standard InChI is InChI=1S/C30H33N7O2/c1-3-39-25-16-15-21(24-18-26(31)36(34-24)22-13-9-6-10-14-22)17-23(25)28-33-30(38)27-19(2)32-29(37(27)35-28)20-11-7-4-5-8-12-20/h6,9-10,13-18,20H,3-5,7-8,11-12,31H2,1-2H3,(H,33,35,38). The number of nitrogen functional groups attached to an aromatic ring is 1. The molecule has 3 N–H and O–H groups in total. The van der Waals surface area contributed by atoms with E-state index in [1.165, 1.54) is 25.7 Å². The zero-order valence-corrected chi connectivity index (χ0v) is 22.4. The summed E-state index contributed by atoms with van der Waals surface area (Å²) < 4.78 is 9.44. The second-order valence-electron chi connectivity index (χ2n) is 10.2. The van der Waals surface area contributed by atoms with E-state index in [9.17, 15) is 4.79 Å². The number of anilines is 1. The van der Waals surface area contributed by atoms with E-state index in [1.54, 1.807) is 9.20 Å². The first-order valence-electron chi connectivity index (χ1n) is 13.7. The molecule has 9 nitrogen and oxygen atoms in total. The fourth-order valence-electron chi connectivity index (χ4n) is 5.58. The Bertz CT molecular complexity index is 1680. The highest BCUT2D eigenvalue weighted by molar-refractivity contribution is 5.74. The number of hydrogen-bond donors (Lipinski definition) is 2. The van der Waals surface area contributed by atoms with Crippen molar-refractivity contribution >= 4 is 11.3 Å². The molecule has 1 aliphatic carbocycles. The van der Waals surface area contributed by atoms with E-state index < -0.39 is 0 Å². The minimum absolute atomic E-state index is 0.213. The number of aromatic nitrogens is 6. The Morgan fingerprint density at radius 3 is 2.54 bits per heavy atom. The lowest BCUT2D eigenvalue weighted by atomic mass is 10.00. The molecule has 200 valence electrons. The second kappa shape index (κ2) is 10.4. The van der Waals surface area contributed by atoms with Gasteiger partial charge in [-0.25, -0.2) is 14.2 Å². The largest absolute Gasteiger partial charge is 0.493 e. The molecular formula is C30H33N7O2. The quantitative estimate of drug-likeness (QED) is 0.277. The van der Waals surface area contributed by atoms with Crippen LogP contribution in [0.5, 0.6) is 5.75 Å². The van der Waals surface area contributed by atoms with Crippen LogP contribution in [0.1, 0.15) is 62.9 Å². The van der Waals surface area contributed by atoms with Crippen molar-refractivity contribution < 1.29 is 4.74 Å². The summed E-state index contributed by atoms with van der Waals surface area (Å²) in [6.07, 6.45) is 6.95. The van der Waals surface area contributed by atoms with Crippen LogP contribution in [0.4, 0.5) is 5.82 Å². The fraction of sp³-hybridized carbons (Fsp3) is 0.333. The predicted molar refractivity (Wildman–Crippen MR) is 152 cm³/mol. The molecule has 0 unspecified atom stereocenters. The van der Waals surface area contributed by atoms with Gasteiger partial charge in [0.2, 0.25) is 0 Å². The summed E-state index contributed by atoms with van der Waals surface area (Å²) in [7, 11) is 0. The van der Waals surface area contributed by atoms with Gasteiger partial charge in [0.25, 0.3) is 5.56 Å². The van der Waals surface area contributed by atoms with Gasteiger partial charge in [-0.3, -0.25) is 4.79 Å². The number of rotatable bonds is 6. The molecule has 0 atom stereocenters. The Balaban J connectivity index is 1.48. The number of benzene rings is 2. The van der Waals surface area contributed by atoms with Crippen LogP contribution < -0.4 is 16.0 Å². The van der Waals surface area contributed by atoms with Crippen molar-refractivity contribution in [3.05, 3.63) is 76.5 Å². The monoisotopic (exact) mass is 523 g/mol. The number of aryl methyl sites for hydroxylation is 1. The SMILES string of the molecule is CCOc1ccc(-c2cc(N)n(-c3ccccc3)n2)cc1-c1nn2c(C3CCCCCC3)nc(C)c2c(=O)[nH]1. The zero-order chi connectivity index (χ0) is 26.9. The third kappa shape index (κ3) is 4.69. The lowest BCUT2D eigenvalue weighted by Crippen LogP contribution is -2.17. The van der Waals surface area contributed by atoms with Gasteiger partial charge in [0.1, 0.15) is 17.4 Å². The number of nitrogens with one attached hydrogen (secondary N) is 1. The highest BCUT2D eigenvalue weighted by atomic mass is 16.5. The fourth-order valence-corrected chi connectivity index (χ4v) is 5.58. The van der Waals surface area contributed by atoms with Crippen LogP contribution in [-0.2, 0) is 0 Å². The second-order valence-corrected chi connectivity index (χ2v) is 10.2. The summed E-state index contributed by atoms with van der Waals surface area (Å²) >= 11 is 0. The van der Waals surface area contributed by atoms with E-state index in [-0.39, 0.29) is 5.56 Å². The number of para-hydroxylation sites is 1. The van der Waals surface area contributed by atoms with E-state index in [2.05, 4.69) is 4.98 Å². The summed E-state index contributed by atoms with van der Waals surface area (Å²) in [6, 6.07) is 17.4. The number of ether oxygens (including phenoxy) is 1. The molecule has 0 saturated heterocycles. The van der Waals surface area contributed by atoms with Gasteiger partial charge in [0, 0.05) is 17.5 Å². The Hall–Kier alpha value is -4.40. The number of fused-ring (bicyclic) bond motifs is 1. The maximum absolute atomic E-state index is 13.4. The van der Waals surface area contributed by atoms with Crippen molar-refractivity contribution in [3.63, 3.8) is 0 Å². The van der Waals surface area contributed by atoms with Gasteiger partial charge in [-0.2, -0.15) is 5.10 Å². The van der Waals surface area contributed by atoms with Crippen LogP contribution >= 0.6 is 0 Å². The van der Waals surface area contributed by atoms with Crippen LogP contribution in [0, 0.1) is 6.92 Å². The molecule has 0 radical (unpaired) electrons. The van der Waals surface area contributed by atoms with Crippen LogP contribution in [0.15, 0.2) is 59.4 Å². The van der Waals surface area contributed by atoms with E-state index in [4.69, 9.17) is 25.7 Å². The van der Waals surface area contributed by atoms with Crippen LogP contribution in [0.2, 0.25) is 0 Å². The van der Waals surface area contributed by atoms with Crippen molar-refractivity contribution in [2.45, 2.75) is 58.3 Å². The number of hydrogen-bond acceptors (Lipinski definition) is 6. The van der Waals surface area contributed by atoms with Gasteiger partial charge in [0.15, 0.2) is 11.3 Å². The third-order valence-electron chi connectivity index (χ3n) is 7.49. The Labute approximate surface area is 226 Å². The number of H-pyrrole nitrogens is 1. The molecule has 1 fully saturated rings. The Morgan fingerprint density at radius 2 is 1.79 bits per heavy atom. The molecular weight excluding hydrogens is 490 g/mol. The molecule has 1 aliphatic rings.